The molecular formula is C24H28BrN5O. The number of fused-ring (bicyclic) bond motifs is 1. The van der Waals surface area contributed by atoms with Crippen LogP contribution in [-0.2, 0) is 13.1 Å². The zero-order chi connectivity index (χ0) is 21.2. The lowest BCUT2D eigenvalue weighted by atomic mass is 10.1. The lowest BCUT2D eigenvalue weighted by molar-refractivity contribution is 0.312. The molecular weight excluding hydrogens is 454 g/mol. The van der Waals surface area contributed by atoms with Gasteiger partial charge in [-0.15, -0.1) is 0 Å². The minimum Gasteiger partial charge on any atom is -0.507 e. The van der Waals surface area contributed by atoms with Gasteiger partial charge in [0.25, 0.3) is 0 Å². The van der Waals surface area contributed by atoms with E-state index in [2.05, 4.69) is 53.1 Å². The first-order valence-electron chi connectivity index (χ1n) is 11.1. The largest absolute Gasteiger partial charge is 0.507 e. The quantitative estimate of drug-likeness (QED) is 0.481. The molecule has 7 heteroatoms. The molecule has 0 atom stereocenters. The lowest BCUT2D eigenvalue weighted by Crippen LogP contribution is -2.20. The van der Waals surface area contributed by atoms with Crippen LogP contribution in [-0.4, -0.2) is 51.1 Å². The van der Waals surface area contributed by atoms with Gasteiger partial charge in [-0.25, -0.2) is 0 Å². The van der Waals surface area contributed by atoms with Gasteiger partial charge in [0, 0.05) is 46.8 Å². The Morgan fingerprint density at radius 2 is 1.52 bits per heavy atom. The van der Waals surface area contributed by atoms with Gasteiger partial charge in [-0.3, -0.25) is 19.8 Å². The van der Waals surface area contributed by atoms with Crippen molar-refractivity contribution in [3.05, 3.63) is 52.3 Å². The number of phenols is 1. The Balaban J connectivity index is 1.49. The molecule has 2 saturated heterocycles. The highest BCUT2D eigenvalue weighted by Gasteiger charge is 2.20. The van der Waals surface area contributed by atoms with Crippen molar-refractivity contribution in [2.45, 2.75) is 38.8 Å². The number of nitrogens with zero attached hydrogens (tertiary/aromatic N) is 4. The number of anilines is 2. The van der Waals surface area contributed by atoms with E-state index in [-0.39, 0.29) is 0 Å². The second kappa shape index (κ2) is 9.10. The van der Waals surface area contributed by atoms with Crippen molar-refractivity contribution in [3.8, 4) is 5.75 Å². The number of aromatic hydroxyl groups is 1. The highest BCUT2D eigenvalue weighted by Crippen LogP contribution is 2.33. The predicted molar refractivity (Wildman–Crippen MR) is 128 cm³/mol. The van der Waals surface area contributed by atoms with Crippen LogP contribution in [0.15, 0.2) is 41.1 Å². The maximum atomic E-state index is 11.1. The second-order valence-corrected chi connectivity index (χ2v) is 9.53. The van der Waals surface area contributed by atoms with Crippen molar-refractivity contribution < 1.29 is 5.11 Å². The van der Waals surface area contributed by atoms with Gasteiger partial charge in [-0.05, 0) is 92.1 Å². The zero-order valence-electron chi connectivity index (χ0n) is 17.6. The molecule has 2 aromatic heterocycles. The Morgan fingerprint density at radius 1 is 0.903 bits per heavy atom. The lowest BCUT2D eigenvalue weighted by Gasteiger charge is -2.21. The van der Waals surface area contributed by atoms with Crippen LogP contribution < -0.4 is 5.32 Å². The average molecular weight is 482 g/mol. The smallest absolute Gasteiger partial charge is 0.124 e. The van der Waals surface area contributed by atoms with Crippen LogP contribution in [0, 0.1) is 0 Å². The first kappa shape index (κ1) is 20.7. The van der Waals surface area contributed by atoms with Gasteiger partial charge in [-0.2, -0.15) is 0 Å². The Hall–Kier alpha value is -2.22. The molecule has 4 heterocycles. The summed E-state index contributed by atoms with van der Waals surface area (Å²) in [7, 11) is 0. The topological polar surface area (TPSA) is 64.5 Å². The summed E-state index contributed by atoms with van der Waals surface area (Å²) < 4.78 is 0.912. The number of hydrogen-bond acceptors (Lipinski definition) is 6. The highest BCUT2D eigenvalue weighted by molar-refractivity contribution is 9.10. The maximum Gasteiger partial charge on any atom is 0.124 e. The molecule has 5 rings (SSSR count). The van der Waals surface area contributed by atoms with E-state index in [1.165, 1.54) is 25.7 Å². The normalized spacial score (nSPS) is 17.6. The van der Waals surface area contributed by atoms with Crippen molar-refractivity contribution in [3.63, 3.8) is 0 Å². The van der Waals surface area contributed by atoms with E-state index in [0.717, 1.165) is 77.3 Å². The molecule has 0 aliphatic carbocycles. The van der Waals surface area contributed by atoms with Crippen LogP contribution in [0.2, 0.25) is 0 Å². The van der Waals surface area contributed by atoms with Crippen molar-refractivity contribution in [1.29, 1.82) is 0 Å². The number of halogens is 1. The second-order valence-electron chi connectivity index (χ2n) is 8.61. The van der Waals surface area contributed by atoms with Crippen molar-refractivity contribution in [2.75, 3.05) is 31.5 Å². The highest BCUT2D eigenvalue weighted by atomic mass is 79.9. The van der Waals surface area contributed by atoms with Gasteiger partial charge < -0.3 is 10.4 Å². The Kier molecular flexibility index (Phi) is 6.07. The first-order valence-corrected chi connectivity index (χ1v) is 11.9. The third kappa shape index (κ3) is 4.68. The molecule has 0 amide bonds. The Bertz CT molecular complexity index is 1040. The van der Waals surface area contributed by atoms with E-state index in [4.69, 9.17) is 0 Å². The molecule has 2 fully saturated rings. The molecule has 0 saturated carbocycles. The average Bonchev–Trinajstić information content (AvgIpc) is 3.46. The molecule has 0 radical (unpaired) electrons. The molecule has 6 nitrogen and oxygen atoms in total. The van der Waals surface area contributed by atoms with Crippen LogP contribution in [0.4, 0.5) is 11.4 Å². The fraction of sp³-hybridized carbons (Fsp3) is 0.417. The van der Waals surface area contributed by atoms with E-state index in [9.17, 15) is 5.11 Å². The molecule has 3 aromatic rings. The number of phenolic OH excluding ortho intramolecular Hbond substituents is 1. The molecule has 162 valence electrons. The fourth-order valence-corrected chi connectivity index (χ4v) is 5.02. The summed E-state index contributed by atoms with van der Waals surface area (Å²) in [5.74, 6) is 0.450. The monoisotopic (exact) mass is 481 g/mol. The van der Waals surface area contributed by atoms with Gasteiger partial charge in [0.15, 0.2) is 0 Å². The molecule has 1 aromatic carbocycles. The number of benzene rings is 1. The van der Waals surface area contributed by atoms with E-state index in [1.807, 2.05) is 12.1 Å². The number of nitrogens with one attached hydrogen (secondary N) is 1. The maximum absolute atomic E-state index is 11.1. The van der Waals surface area contributed by atoms with Gasteiger partial charge in [-0.1, -0.05) is 0 Å². The third-order valence-corrected chi connectivity index (χ3v) is 6.71. The minimum atomic E-state index is 0.450. The number of likely N-dealkylation sites (tertiary alicyclic amines) is 2. The third-order valence-electron chi connectivity index (χ3n) is 6.28. The van der Waals surface area contributed by atoms with Gasteiger partial charge in [0.05, 0.1) is 11.2 Å². The van der Waals surface area contributed by atoms with Crippen LogP contribution >= 0.6 is 15.9 Å². The molecule has 2 N–H and O–H groups in total. The summed E-state index contributed by atoms with van der Waals surface area (Å²) in [5, 5.41) is 14.7. The molecule has 0 spiro atoms. The summed E-state index contributed by atoms with van der Waals surface area (Å²) >= 11 is 3.47. The summed E-state index contributed by atoms with van der Waals surface area (Å²) in [6.45, 7) is 5.99. The number of aromatic nitrogens is 2. The van der Waals surface area contributed by atoms with Gasteiger partial charge in [0.1, 0.15) is 11.3 Å². The predicted octanol–water partition coefficient (Wildman–Crippen LogP) is 5.03. The number of pyridine rings is 2. The van der Waals surface area contributed by atoms with Crippen molar-refractivity contribution in [2.24, 2.45) is 0 Å². The van der Waals surface area contributed by atoms with Gasteiger partial charge in [0.2, 0.25) is 0 Å². The van der Waals surface area contributed by atoms with E-state index in [0.29, 0.717) is 5.75 Å². The fourth-order valence-electron chi connectivity index (χ4n) is 4.70. The van der Waals surface area contributed by atoms with E-state index in [1.54, 1.807) is 12.4 Å². The molecule has 0 bridgehead atoms. The van der Waals surface area contributed by atoms with Gasteiger partial charge >= 0.3 is 0 Å². The Labute approximate surface area is 191 Å². The van der Waals surface area contributed by atoms with E-state index < -0.39 is 0 Å². The molecule has 2 aliphatic rings. The summed E-state index contributed by atoms with van der Waals surface area (Å²) in [6, 6.07) is 8.11. The molecule has 2 aliphatic heterocycles. The van der Waals surface area contributed by atoms with Crippen LogP contribution in [0.5, 0.6) is 5.75 Å². The number of hydrogen-bond donors (Lipinski definition) is 2. The summed E-state index contributed by atoms with van der Waals surface area (Å²) in [4.78, 5) is 13.9. The molecule has 31 heavy (non-hydrogen) atoms. The number of rotatable bonds is 6. The zero-order valence-corrected chi connectivity index (χ0v) is 19.2. The standard InChI is InChI=1S/C24H28BrN5O/c25-19-13-22-23(27-14-19)21(5-6-26-22)28-20-11-17(15-29-7-1-2-8-29)24(31)18(12-20)16-30-9-3-4-10-30/h5-6,11-14,31H,1-4,7-10,15-16H2,(H,26,28). The summed E-state index contributed by atoms with van der Waals surface area (Å²) in [5.41, 5.74) is 5.57. The van der Waals surface area contributed by atoms with Crippen LogP contribution in [0.3, 0.4) is 0 Å². The van der Waals surface area contributed by atoms with Crippen molar-refractivity contribution in [1.82, 2.24) is 19.8 Å². The van der Waals surface area contributed by atoms with E-state index >= 15 is 0 Å². The minimum absolute atomic E-state index is 0.450. The van der Waals surface area contributed by atoms with Crippen molar-refractivity contribution >= 4 is 38.3 Å². The summed E-state index contributed by atoms with van der Waals surface area (Å²) in [6.07, 6.45) is 8.55. The molecule has 0 unspecified atom stereocenters. The van der Waals surface area contributed by atoms with Crippen LogP contribution in [0.1, 0.15) is 36.8 Å². The first-order chi connectivity index (χ1) is 15.2. The SMILES string of the molecule is Oc1c(CN2CCCC2)cc(Nc2ccnc3cc(Br)cnc23)cc1CN1CCCC1. The van der Waals surface area contributed by atoms with Crippen LogP contribution in [0.25, 0.3) is 11.0 Å². The Morgan fingerprint density at radius 3 is 2.13 bits per heavy atom.